The highest BCUT2D eigenvalue weighted by molar-refractivity contribution is 7.09. The fraction of sp³-hybridized carbons (Fsp3) is 0.500. The number of aromatic nitrogens is 1. The second kappa shape index (κ2) is 5.62. The predicted molar refractivity (Wildman–Crippen MR) is 63.3 cm³/mol. The van der Waals surface area contributed by atoms with Gasteiger partial charge in [-0.15, -0.1) is 0 Å². The number of carboxylic acids is 1. The SMILES string of the molecule is Cc1sc(=O)n(CC(=O)NCCC(=O)O)c1C. The summed E-state index contributed by atoms with van der Waals surface area (Å²) in [6.45, 7) is 3.61. The Morgan fingerprint density at radius 2 is 2.06 bits per heavy atom. The first kappa shape index (κ1) is 13.4. The molecule has 0 atom stereocenters. The molecule has 7 heteroatoms. The Bertz CT molecular complexity index is 489. The van der Waals surface area contributed by atoms with Crippen LogP contribution in [0.1, 0.15) is 17.0 Å². The van der Waals surface area contributed by atoms with Crippen molar-refractivity contribution in [2.75, 3.05) is 6.54 Å². The van der Waals surface area contributed by atoms with Crippen LogP contribution in [0.15, 0.2) is 4.79 Å². The number of carboxylic acid groups (broad SMARTS) is 1. The van der Waals surface area contributed by atoms with E-state index in [1.165, 1.54) is 4.57 Å². The van der Waals surface area contributed by atoms with Crippen molar-refractivity contribution in [2.45, 2.75) is 26.8 Å². The average molecular weight is 258 g/mol. The zero-order chi connectivity index (χ0) is 13.0. The van der Waals surface area contributed by atoms with Crippen molar-refractivity contribution in [3.63, 3.8) is 0 Å². The Hall–Kier alpha value is -1.63. The van der Waals surface area contributed by atoms with E-state index in [4.69, 9.17) is 5.11 Å². The third-order valence-electron chi connectivity index (χ3n) is 2.34. The van der Waals surface area contributed by atoms with Crippen LogP contribution in [0, 0.1) is 13.8 Å². The molecule has 0 fully saturated rings. The van der Waals surface area contributed by atoms with Crippen LogP contribution < -0.4 is 10.2 Å². The molecule has 0 aliphatic heterocycles. The Morgan fingerprint density at radius 3 is 2.53 bits per heavy atom. The Balaban J connectivity index is 2.56. The first-order valence-corrected chi connectivity index (χ1v) is 5.88. The van der Waals surface area contributed by atoms with Crippen molar-refractivity contribution < 1.29 is 14.7 Å². The van der Waals surface area contributed by atoms with E-state index < -0.39 is 5.97 Å². The van der Waals surface area contributed by atoms with Crippen molar-refractivity contribution in [1.29, 1.82) is 0 Å². The van der Waals surface area contributed by atoms with Crippen LogP contribution in [0.5, 0.6) is 0 Å². The van der Waals surface area contributed by atoms with Crippen molar-refractivity contribution in [3.8, 4) is 0 Å². The lowest BCUT2D eigenvalue weighted by Crippen LogP contribution is -2.32. The zero-order valence-corrected chi connectivity index (χ0v) is 10.5. The highest BCUT2D eigenvalue weighted by Crippen LogP contribution is 2.08. The number of aliphatic carboxylic acids is 1. The minimum atomic E-state index is -0.968. The third kappa shape index (κ3) is 3.70. The van der Waals surface area contributed by atoms with Gasteiger partial charge in [0.25, 0.3) is 0 Å². The molecule has 0 saturated carbocycles. The molecule has 1 aromatic rings. The highest BCUT2D eigenvalue weighted by Gasteiger charge is 2.11. The number of carbonyl (C=O) groups excluding carboxylic acids is 1. The number of nitrogens with one attached hydrogen (secondary N) is 1. The molecule has 1 rings (SSSR count). The van der Waals surface area contributed by atoms with E-state index in [2.05, 4.69) is 5.32 Å². The fourth-order valence-electron chi connectivity index (χ4n) is 1.28. The summed E-state index contributed by atoms with van der Waals surface area (Å²) in [5, 5.41) is 10.9. The van der Waals surface area contributed by atoms with Crippen LogP contribution in [0.4, 0.5) is 0 Å². The van der Waals surface area contributed by atoms with Gasteiger partial charge in [0.2, 0.25) is 5.91 Å². The number of rotatable bonds is 5. The van der Waals surface area contributed by atoms with Crippen molar-refractivity contribution in [1.82, 2.24) is 9.88 Å². The molecular weight excluding hydrogens is 244 g/mol. The zero-order valence-electron chi connectivity index (χ0n) is 9.65. The van der Waals surface area contributed by atoms with Gasteiger partial charge in [-0.2, -0.15) is 0 Å². The maximum Gasteiger partial charge on any atom is 0.308 e. The van der Waals surface area contributed by atoms with E-state index in [0.717, 1.165) is 21.9 Å². The number of nitrogens with zero attached hydrogens (tertiary/aromatic N) is 1. The van der Waals surface area contributed by atoms with E-state index in [-0.39, 0.29) is 30.3 Å². The molecule has 0 saturated heterocycles. The molecule has 1 aromatic heterocycles. The monoisotopic (exact) mass is 258 g/mol. The summed E-state index contributed by atoms with van der Waals surface area (Å²) in [4.78, 5) is 33.9. The minimum Gasteiger partial charge on any atom is -0.481 e. The minimum absolute atomic E-state index is 0.0609. The summed E-state index contributed by atoms with van der Waals surface area (Å²) in [6.07, 6.45) is -0.123. The second-order valence-corrected chi connectivity index (χ2v) is 4.76. The number of aryl methyl sites for hydroxylation is 1. The molecular formula is C10H14N2O4S. The van der Waals surface area contributed by atoms with Gasteiger partial charge in [-0.1, -0.05) is 11.3 Å². The third-order valence-corrected chi connectivity index (χ3v) is 3.33. The first-order valence-electron chi connectivity index (χ1n) is 5.07. The highest BCUT2D eigenvalue weighted by atomic mass is 32.1. The van der Waals surface area contributed by atoms with Crippen LogP contribution in [0.25, 0.3) is 0 Å². The van der Waals surface area contributed by atoms with Gasteiger partial charge in [0, 0.05) is 17.1 Å². The largest absolute Gasteiger partial charge is 0.481 e. The summed E-state index contributed by atoms with van der Waals surface area (Å²) in [6, 6.07) is 0. The van der Waals surface area contributed by atoms with Crippen LogP contribution in [0.2, 0.25) is 0 Å². The summed E-state index contributed by atoms with van der Waals surface area (Å²) in [5.41, 5.74) is 0.772. The molecule has 6 nitrogen and oxygen atoms in total. The molecule has 0 spiro atoms. The number of hydrogen-bond donors (Lipinski definition) is 2. The van der Waals surface area contributed by atoms with Crippen molar-refractivity contribution in [3.05, 3.63) is 20.2 Å². The van der Waals surface area contributed by atoms with E-state index in [0.29, 0.717) is 0 Å². The molecule has 1 amide bonds. The molecule has 0 radical (unpaired) electrons. The Morgan fingerprint density at radius 1 is 1.41 bits per heavy atom. The molecule has 0 aliphatic rings. The number of amides is 1. The van der Waals surface area contributed by atoms with Gasteiger partial charge in [0.15, 0.2) is 0 Å². The lowest BCUT2D eigenvalue weighted by Gasteiger charge is -2.05. The van der Waals surface area contributed by atoms with E-state index >= 15 is 0 Å². The van der Waals surface area contributed by atoms with Crippen molar-refractivity contribution >= 4 is 23.2 Å². The van der Waals surface area contributed by atoms with Gasteiger partial charge in [-0.3, -0.25) is 19.0 Å². The maximum atomic E-state index is 11.5. The second-order valence-electron chi connectivity index (χ2n) is 3.59. The molecule has 94 valence electrons. The van der Waals surface area contributed by atoms with Gasteiger partial charge in [-0.25, -0.2) is 0 Å². The molecule has 1 heterocycles. The average Bonchev–Trinajstić information content (AvgIpc) is 2.44. The Labute approximate surface area is 102 Å². The van der Waals surface area contributed by atoms with Gasteiger partial charge < -0.3 is 10.4 Å². The van der Waals surface area contributed by atoms with Crippen molar-refractivity contribution in [2.24, 2.45) is 0 Å². The quantitative estimate of drug-likeness (QED) is 0.785. The summed E-state index contributed by atoms with van der Waals surface area (Å²) in [5.74, 6) is -1.32. The molecule has 2 N–H and O–H groups in total. The lowest BCUT2D eigenvalue weighted by atomic mass is 10.4. The smallest absolute Gasteiger partial charge is 0.308 e. The van der Waals surface area contributed by atoms with Crippen LogP contribution >= 0.6 is 11.3 Å². The summed E-state index contributed by atoms with van der Waals surface area (Å²) < 4.78 is 1.39. The topological polar surface area (TPSA) is 88.4 Å². The van der Waals surface area contributed by atoms with Gasteiger partial charge in [0.1, 0.15) is 6.54 Å². The molecule has 0 aliphatic carbocycles. The predicted octanol–water partition coefficient (Wildman–Crippen LogP) is 0.118. The molecule has 0 aromatic carbocycles. The molecule has 17 heavy (non-hydrogen) atoms. The Kier molecular flexibility index (Phi) is 4.45. The van der Waals surface area contributed by atoms with Gasteiger partial charge >= 0.3 is 10.8 Å². The number of carbonyl (C=O) groups is 2. The normalized spacial score (nSPS) is 10.2. The van der Waals surface area contributed by atoms with Crippen LogP contribution in [0.3, 0.4) is 0 Å². The van der Waals surface area contributed by atoms with E-state index in [1.54, 1.807) is 6.92 Å². The summed E-state index contributed by atoms with van der Waals surface area (Å²) in [7, 11) is 0. The van der Waals surface area contributed by atoms with Crippen LogP contribution in [-0.4, -0.2) is 28.1 Å². The van der Waals surface area contributed by atoms with Crippen LogP contribution in [-0.2, 0) is 16.1 Å². The van der Waals surface area contributed by atoms with Gasteiger partial charge in [0.05, 0.1) is 6.42 Å². The first-order chi connectivity index (χ1) is 7.91. The number of thiazole rings is 1. The lowest BCUT2D eigenvalue weighted by molar-refractivity contribution is -0.136. The summed E-state index contributed by atoms with van der Waals surface area (Å²) >= 11 is 1.10. The van der Waals surface area contributed by atoms with E-state index in [1.807, 2.05) is 6.92 Å². The molecule has 0 unspecified atom stereocenters. The maximum absolute atomic E-state index is 11.5. The molecule has 0 bridgehead atoms. The van der Waals surface area contributed by atoms with E-state index in [9.17, 15) is 14.4 Å². The fourth-order valence-corrected chi connectivity index (χ4v) is 2.11. The standard InChI is InChI=1S/C10H14N2O4S/c1-6-7(2)17-10(16)12(6)5-8(13)11-4-3-9(14)15/h3-5H2,1-2H3,(H,11,13)(H,14,15). The van der Waals surface area contributed by atoms with Gasteiger partial charge in [-0.05, 0) is 13.8 Å². The number of hydrogen-bond acceptors (Lipinski definition) is 4.